The van der Waals surface area contributed by atoms with E-state index in [0.29, 0.717) is 12.0 Å². The highest BCUT2D eigenvalue weighted by Crippen LogP contribution is 2.16. The largest absolute Gasteiger partial charge is 0.477 e. The number of nitrogens with one attached hydrogen (secondary N) is 1. The zero-order valence-electron chi connectivity index (χ0n) is 6.74. The number of aromatic nitrogens is 1. The van der Waals surface area contributed by atoms with Crippen molar-refractivity contribution in [1.82, 2.24) is 4.98 Å². The van der Waals surface area contributed by atoms with Crippen molar-refractivity contribution in [2.45, 2.75) is 19.4 Å². The molecule has 0 aliphatic rings. The van der Waals surface area contributed by atoms with E-state index in [1.807, 2.05) is 6.92 Å². The van der Waals surface area contributed by atoms with Crippen LogP contribution in [0.5, 0.6) is 0 Å². The van der Waals surface area contributed by atoms with Crippen LogP contribution in [0, 0.1) is 0 Å². The summed E-state index contributed by atoms with van der Waals surface area (Å²) in [6.45, 7) is 1.83. The van der Waals surface area contributed by atoms with Crippen LogP contribution in [-0.2, 0) is 0 Å². The van der Waals surface area contributed by atoms with E-state index in [-0.39, 0.29) is 5.69 Å². The van der Waals surface area contributed by atoms with Gasteiger partial charge in [-0.1, -0.05) is 6.92 Å². The van der Waals surface area contributed by atoms with Gasteiger partial charge in [0.15, 0.2) is 0 Å². The quantitative estimate of drug-likeness (QED) is 0.635. The Kier molecular flexibility index (Phi) is 2.50. The van der Waals surface area contributed by atoms with Gasteiger partial charge >= 0.3 is 5.97 Å². The fourth-order valence-electron chi connectivity index (χ4n) is 0.963. The van der Waals surface area contributed by atoms with E-state index in [1.165, 1.54) is 12.3 Å². The maximum Gasteiger partial charge on any atom is 0.352 e. The normalized spacial score (nSPS) is 12.8. The fourth-order valence-corrected chi connectivity index (χ4v) is 0.963. The molecular formula is C8H11NO3. The van der Waals surface area contributed by atoms with Gasteiger partial charge in [0.25, 0.3) is 0 Å². The lowest BCUT2D eigenvalue weighted by Gasteiger charge is -2.02. The van der Waals surface area contributed by atoms with Crippen LogP contribution in [0.15, 0.2) is 12.3 Å². The van der Waals surface area contributed by atoms with Crippen molar-refractivity contribution < 1.29 is 15.0 Å². The summed E-state index contributed by atoms with van der Waals surface area (Å²) in [4.78, 5) is 13.0. The van der Waals surface area contributed by atoms with E-state index >= 15 is 0 Å². The van der Waals surface area contributed by atoms with Crippen LogP contribution >= 0.6 is 0 Å². The number of carbonyl (C=O) groups is 1. The predicted molar refractivity (Wildman–Crippen MR) is 43.0 cm³/mol. The van der Waals surface area contributed by atoms with Gasteiger partial charge in [-0.25, -0.2) is 4.79 Å². The highest BCUT2D eigenvalue weighted by atomic mass is 16.4. The van der Waals surface area contributed by atoms with Gasteiger partial charge in [-0.05, 0) is 18.1 Å². The first-order chi connectivity index (χ1) is 5.65. The van der Waals surface area contributed by atoms with E-state index in [1.54, 1.807) is 0 Å². The molecule has 0 aliphatic heterocycles. The van der Waals surface area contributed by atoms with Crippen molar-refractivity contribution in [3.05, 3.63) is 23.5 Å². The van der Waals surface area contributed by atoms with Crippen LogP contribution in [0.25, 0.3) is 0 Å². The Morgan fingerprint density at radius 2 is 2.42 bits per heavy atom. The molecule has 0 unspecified atom stereocenters. The van der Waals surface area contributed by atoms with Crippen molar-refractivity contribution >= 4 is 5.97 Å². The molecule has 1 rings (SSSR count). The number of aromatic carboxylic acids is 1. The Balaban J connectivity index is 2.84. The minimum atomic E-state index is -1.01. The van der Waals surface area contributed by atoms with Crippen molar-refractivity contribution in [1.29, 1.82) is 0 Å². The van der Waals surface area contributed by atoms with Crippen LogP contribution in [0.4, 0.5) is 0 Å². The molecule has 3 N–H and O–H groups in total. The molecule has 0 bridgehead atoms. The Bertz CT molecular complexity index is 280. The third-order valence-electron chi connectivity index (χ3n) is 1.71. The van der Waals surface area contributed by atoms with Crippen molar-refractivity contribution in [2.75, 3.05) is 0 Å². The first-order valence-corrected chi connectivity index (χ1v) is 3.74. The molecule has 1 heterocycles. The van der Waals surface area contributed by atoms with Gasteiger partial charge < -0.3 is 15.2 Å². The van der Waals surface area contributed by atoms with Gasteiger partial charge in [-0.15, -0.1) is 0 Å². The molecule has 1 aromatic heterocycles. The third-order valence-corrected chi connectivity index (χ3v) is 1.71. The summed E-state index contributed by atoms with van der Waals surface area (Å²) in [5.41, 5.74) is 0.729. The van der Waals surface area contributed by atoms with E-state index in [2.05, 4.69) is 4.98 Å². The molecule has 0 amide bonds. The van der Waals surface area contributed by atoms with Gasteiger partial charge in [-0.2, -0.15) is 0 Å². The zero-order valence-corrected chi connectivity index (χ0v) is 6.74. The molecule has 1 aromatic rings. The second kappa shape index (κ2) is 3.40. The third kappa shape index (κ3) is 1.65. The molecule has 0 aliphatic carbocycles. The summed E-state index contributed by atoms with van der Waals surface area (Å²) in [7, 11) is 0. The minimum absolute atomic E-state index is 0.109. The topological polar surface area (TPSA) is 73.3 Å². The van der Waals surface area contributed by atoms with Gasteiger partial charge in [0.1, 0.15) is 5.69 Å². The Labute approximate surface area is 69.9 Å². The average molecular weight is 169 g/mol. The Hall–Kier alpha value is -1.29. The second-order valence-corrected chi connectivity index (χ2v) is 2.58. The number of H-pyrrole nitrogens is 1. The molecule has 0 aromatic carbocycles. The van der Waals surface area contributed by atoms with Crippen LogP contribution in [0.2, 0.25) is 0 Å². The Morgan fingerprint density at radius 1 is 1.75 bits per heavy atom. The van der Waals surface area contributed by atoms with Crippen molar-refractivity contribution in [3.8, 4) is 0 Å². The van der Waals surface area contributed by atoms with Crippen LogP contribution in [0.1, 0.15) is 35.5 Å². The molecule has 0 saturated carbocycles. The minimum Gasteiger partial charge on any atom is -0.477 e. The maximum atomic E-state index is 10.4. The standard InChI is InChI=1S/C8H11NO3/c1-2-7(10)5-3-6(8(11)12)9-4-5/h3-4,7,9-10H,2H2,1H3,(H,11,12)/t7-/m0/s1. The van der Waals surface area contributed by atoms with E-state index in [0.717, 1.165) is 0 Å². The number of carboxylic acids is 1. The molecule has 1 atom stereocenters. The number of hydrogen-bond donors (Lipinski definition) is 3. The summed E-state index contributed by atoms with van der Waals surface area (Å²) in [6, 6.07) is 1.44. The van der Waals surface area contributed by atoms with E-state index < -0.39 is 12.1 Å². The lowest BCUT2D eigenvalue weighted by Crippen LogP contribution is -1.95. The first kappa shape index (κ1) is 8.80. The number of aromatic amines is 1. The molecule has 12 heavy (non-hydrogen) atoms. The Morgan fingerprint density at radius 3 is 2.83 bits per heavy atom. The maximum absolute atomic E-state index is 10.4. The molecule has 0 spiro atoms. The van der Waals surface area contributed by atoms with Gasteiger partial charge in [-0.3, -0.25) is 0 Å². The van der Waals surface area contributed by atoms with Crippen LogP contribution in [0.3, 0.4) is 0 Å². The number of carboxylic acid groups (broad SMARTS) is 1. The second-order valence-electron chi connectivity index (χ2n) is 2.58. The molecule has 0 saturated heterocycles. The summed E-state index contributed by atoms with van der Waals surface area (Å²) >= 11 is 0. The predicted octanol–water partition coefficient (Wildman–Crippen LogP) is 1.16. The highest BCUT2D eigenvalue weighted by Gasteiger charge is 2.10. The van der Waals surface area contributed by atoms with Crippen molar-refractivity contribution in [2.24, 2.45) is 0 Å². The van der Waals surface area contributed by atoms with Crippen LogP contribution < -0.4 is 0 Å². The summed E-state index contributed by atoms with van der Waals surface area (Å²) in [6.07, 6.45) is 1.52. The summed E-state index contributed by atoms with van der Waals surface area (Å²) in [5, 5.41) is 17.9. The molecule has 4 nitrogen and oxygen atoms in total. The summed E-state index contributed by atoms with van der Waals surface area (Å²) < 4.78 is 0. The zero-order chi connectivity index (χ0) is 9.14. The van der Waals surface area contributed by atoms with Crippen molar-refractivity contribution in [3.63, 3.8) is 0 Å². The fraction of sp³-hybridized carbons (Fsp3) is 0.375. The first-order valence-electron chi connectivity index (χ1n) is 3.74. The number of aliphatic hydroxyl groups excluding tert-OH is 1. The lowest BCUT2D eigenvalue weighted by molar-refractivity contribution is 0.0691. The lowest BCUT2D eigenvalue weighted by atomic mass is 10.1. The van der Waals surface area contributed by atoms with Gasteiger partial charge in [0.2, 0.25) is 0 Å². The van der Waals surface area contributed by atoms with Crippen LogP contribution in [-0.4, -0.2) is 21.2 Å². The monoisotopic (exact) mass is 169 g/mol. The molecule has 0 radical (unpaired) electrons. The van der Waals surface area contributed by atoms with E-state index in [9.17, 15) is 9.90 Å². The van der Waals surface area contributed by atoms with Gasteiger partial charge in [0, 0.05) is 6.20 Å². The molecular weight excluding hydrogens is 158 g/mol. The SMILES string of the molecule is CC[C@H](O)c1c[nH]c(C(=O)O)c1. The number of aliphatic hydroxyl groups is 1. The summed E-state index contributed by atoms with van der Waals surface area (Å²) in [5.74, 6) is -1.01. The average Bonchev–Trinajstić information content (AvgIpc) is 2.51. The number of rotatable bonds is 3. The molecule has 66 valence electrons. The van der Waals surface area contributed by atoms with Gasteiger partial charge in [0.05, 0.1) is 6.10 Å². The highest BCUT2D eigenvalue weighted by molar-refractivity contribution is 5.85. The molecule has 4 heteroatoms. The van der Waals surface area contributed by atoms with E-state index in [4.69, 9.17) is 5.11 Å². The number of hydrogen-bond acceptors (Lipinski definition) is 2. The smallest absolute Gasteiger partial charge is 0.352 e. The molecule has 0 fully saturated rings.